The van der Waals surface area contributed by atoms with Crippen molar-refractivity contribution < 1.29 is 4.74 Å². The van der Waals surface area contributed by atoms with Crippen molar-refractivity contribution in [2.75, 3.05) is 6.61 Å². The van der Waals surface area contributed by atoms with Crippen molar-refractivity contribution in [1.82, 2.24) is 15.0 Å². The highest BCUT2D eigenvalue weighted by Gasteiger charge is 2.26. The molecule has 0 aromatic carbocycles. The zero-order valence-corrected chi connectivity index (χ0v) is 12.1. The van der Waals surface area contributed by atoms with Crippen LogP contribution in [0.15, 0.2) is 24.4 Å². The SMILES string of the molecule is CCOCc1nc(Cl)cc(C2CCc3cccnc32)n1. The van der Waals surface area contributed by atoms with E-state index in [2.05, 4.69) is 21.0 Å². The normalized spacial score (nSPS) is 17.2. The molecule has 2 aromatic rings. The van der Waals surface area contributed by atoms with Crippen molar-refractivity contribution in [1.29, 1.82) is 0 Å². The minimum absolute atomic E-state index is 0.215. The predicted molar refractivity (Wildman–Crippen MR) is 76.8 cm³/mol. The van der Waals surface area contributed by atoms with E-state index in [0.29, 0.717) is 24.2 Å². The number of aryl methyl sites for hydroxylation is 1. The molecule has 20 heavy (non-hydrogen) atoms. The number of rotatable bonds is 4. The largest absolute Gasteiger partial charge is 0.374 e. The summed E-state index contributed by atoms with van der Waals surface area (Å²) in [4.78, 5) is 13.3. The third-order valence-corrected chi connectivity index (χ3v) is 3.71. The van der Waals surface area contributed by atoms with Gasteiger partial charge in [0.2, 0.25) is 0 Å². The van der Waals surface area contributed by atoms with Gasteiger partial charge in [-0.25, -0.2) is 9.97 Å². The average molecular weight is 290 g/mol. The van der Waals surface area contributed by atoms with Crippen LogP contribution < -0.4 is 0 Å². The summed E-state index contributed by atoms with van der Waals surface area (Å²) in [6.45, 7) is 2.98. The minimum atomic E-state index is 0.215. The van der Waals surface area contributed by atoms with Crippen LogP contribution in [0.3, 0.4) is 0 Å². The van der Waals surface area contributed by atoms with Gasteiger partial charge in [-0.1, -0.05) is 17.7 Å². The number of pyridine rings is 1. The van der Waals surface area contributed by atoms with Crippen LogP contribution in [0.2, 0.25) is 5.15 Å². The van der Waals surface area contributed by atoms with E-state index < -0.39 is 0 Å². The Morgan fingerprint density at radius 2 is 2.30 bits per heavy atom. The molecule has 0 saturated carbocycles. The summed E-state index contributed by atoms with van der Waals surface area (Å²) in [5.74, 6) is 0.853. The standard InChI is InChI=1S/C15H16ClN3O/c1-2-20-9-14-18-12(8-13(16)19-14)11-6-5-10-4-3-7-17-15(10)11/h3-4,7-8,11H,2,5-6,9H2,1H3. The summed E-state index contributed by atoms with van der Waals surface area (Å²) < 4.78 is 5.36. The van der Waals surface area contributed by atoms with E-state index in [1.165, 1.54) is 5.56 Å². The van der Waals surface area contributed by atoms with Crippen LogP contribution in [0.5, 0.6) is 0 Å². The van der Waals surface area contributed by atoms with E-state index in [-0.39, 0.29) is 5.92 Å². The molecule has 0 amide bonds. The van der Waals surface area contributed by atoms with Crippen LogP contribution in [0, 0.1) is 0 Å². The minimum Gasteiger partial charge on any atom is -0.374 e. The Morgan fingerprint density at radius 1 is 1.40 bits per heavy atom. The van der Waals surface area contributed by atoms with Gasteiger partial charge in [0.15, 0.2) is 5.82 Å². The van der Waals surface area contributed by atoms with Gasteiger partial charge in [-0.05, 0) is 37.5 Å². The average Bonchev–Trinajstić information content (AvgIpc) is 2.88. The molecule has 0 bridgehead atoms. The molecule has 0 spiro atoms. The molecule has 0 N–H and O–H groups in total. The number of aromatic nitrogens is 3. The molecule has 3 rings (SSSR count). The van der Waals surface area contributed by atoms with Gasteiger partial charge in [0, 0.05) is 18.7 Å². The van der Waals surface area contributed by atoms with Crippen molar-refractivity contribution >= 4 is 11.6 Å². The first-order valence-electron chi connectivity index (χ1n) is 6.83. The second-order valence-corrected chi connectivity index (χ2v) is 5.20. The van der Waals surface area contributed by atoms with Crippen LogP contribution in [0.25, 0.3) is 0 Å². The summed E-state index contributed by atoms with van der Waals surface area (Å²) in [5.41, 5.74) is 3.36. The number of hydrogen-bond acceptors (Lipinski definition) is 4. The first-order valence-corrected chi connectivity index (χ1v) is 7.20. The van der Waals surface area contributed by atoms with Gasteiger partial charge in [-0.15, -0.1) is 0 Å². The predicted octanol–water partition coefficient (Wildman–Crippen LogP) is 3.14. The Labute approximate surface area is 123 Å². The maximum atomic E-state index is 6.11. The quantitative estimate of drug-likeness (QED) is 0.811. The van der Waals surface area contributed by atoms with Crippen molar-refractivity contribution in [3.63, 3.8) is 0 Å². The maximum absolute atomic E-state index is 6.11. The van der Waals surface area contributed by atoms with E-state index in [1.807, 2.05) is 25.3 Å². The molecule has 1 aliphatic carbocycles. The maximum Gasteiger partial charge on any atom is 0.155 e. The number of ether oxygens (including phenoxy) is 1. The Kier molecular flexibility index (Phi) is 3.94. The lowest BCUT2D eigenvalue weighted by molar-refractivity contribution is 0.128. The molecule has 1 unspecified atom stereocenters. The smallest absolute Gasteiger partial charge is 0.155 e. The molecule has 2 aromatic heterocycles. The lowest BCUT2D eigenvalue weighted by atomic mass is 10.0. The summed E-state index contributed by atoms with van der Waals surface area (Å²) in [6.07, 6.45) is 3.89. The molecule has 4 nitrogen and oxygen atoms in total. The molecule has 1 atom stereocenters. The van der Waals surface area contributed by atoms with Gasteiger partial charge in [-0.2, -0.15) is 0 Å². The third kappa shape index (κ3) is 2.67. The summed E-state index contributed by atoms with van der Waals surface area (Å²) in [5, 5.41) is 0.467. The molecule has 104 valence electrons. The van der Waals surface area contributed by atoms with Crippen LogP contribution in [0.4, 0.5) is 0 Å². The highest BCUT2D eigenvalue weighted by molar-refractivity contribution is 6.29. The van der Waals surface area contributed by atoms with E-state index in [1.54, 1.807) is 0 Å². The number of halogens is 1. The second kappa shape index (κ2) is 5.85. The first kappa shape index (κ1) is 13.5. The molecular weight excluding hydrogens is 274 g/mol. The van der Waals surface area contributed by atoms with Crippen LogP contribution in [-0.2, 0) is 17.8 Å². The van der Waals surface area contributed by atoms with E-state index in [4.69, 9.17) is 16.3 Å². The van der Waals surface area contributed by atoms with E-state index >= 15 is 0 Å². The number of fused-ring (bicyclic) bond motifs is 1. The van der Waals surface area contributed by atoms with Gasteiger partial charge in [0.05, 0.1) is 11.4 Å². The molecule has 0 saturated heterocycles. The van der Waals surface area contributed by atoms with Crippen LogP contribution >= 0.6 is 11.6 Å². The Hall–Kier alpha value is -1.52. The highest BCUT2D eigenvalue weighted by atomic mass is 35.5. The number of hydrogen-bond donors (Lipinski definition) is 0. The monoisotopic (exact) mass is 289 g/mol. The third-order valence-electron chi connectivity index (χ3n) is 3.51. The van der Waals surface area contributed by atoms with Crippen molar-refractivity contribution in [3.05, 3.63) is 52.3 Å². The molecule has 5 heteroatoms. The van der Waals surface area contributed by atoms with E-state index in [0.717, 1.165) is 24.2 Å². The second-order valence-electron chi connectivity index (χ2n) is 4.81. The fourth-order valence-electron chi connectivity index (χ4n) is 2.62. The zero-order chi connectivity index (χ0) is 13.9. The van der Waals surface area contributed by atoms with Gasteiger partial charge >= 0.3 is 0 Å². The van der Waals surface area contributed by atoms with Gasteiger partial charge < -0.3 is 4.74 Å². The topological polar surface area (TPSA) is 47.9 Å². The first-order chi connectivity index (χ1) is 9.78. The summed E-state index contributed by atoms with van der Waals surface area (Å²) in [7, 11) is 0. The number of nitrogens with zero attached hydrogens (tertiary/aromatic N) is 3. The van der Waals surface area contributed by atoms with Crippen molar-refractivity contribution in [2.24, 2.45) is 0 Å². The van der Waals surface area contributed by atoms with Gasteiger partial charge in [-0.3, -0.25) is 4.98 Å². The fraction of sp³-hybridized carbons (Fsp3) is 0.400. The van der Waals surface area contributed by atoms with Gasteiger partial charge in [0.25, 0.3) is 0 Å². The molecule has 0 radical (unpaired) electrons. The molecule has 1 aliphatic rings. The molecular formula is C15H16ClN3O. The molecule has 2 heterocycles. The van der Waals surface area contributed by atoms with E-state index in [9.17, 15) is 0 Å². The molecule has 0 aliphatic heterocycles. The van der Waals surface area contributed by atoms with Crippen molar-refractivity contribution in [2.45, 2.75) is 32.3 Å². The van der Waals surface area contributed by atoms with Crippen LogP contribution in [0.1, 0.15) is 42.0 Å². The summed E-state index contributed by atoms with van der Waals surface area (Å²) >= 11 is 6.11. The summed E-state index contributed by atoms with van der Waals surface area (Å²) in [6, 6.07) is 5.95. The lowest BCUT2D eigenvalue weighted by Crippen LogP contribution is -2.07. The molecule has 0 fully saturated rings. The highest BCUT2D eigenvalue weighted by Crippen LogP contribution is 2.36. The Bertz CT molecular complexity index is 618. The Balaban J connectivity index is 1.93. The Morgan fingerprint density at radius 3 is 3.15 bits per heavy atom. The lowest BCUT2D eigenvalue weighted by Gasteiger charge is -2.11. The van der Waals surface area contributed by atoms with Crippen molar-refractivity contribution in [3.8, 4) is 0 Å². The van der Waals surface area contributed by atoms with Gasteiger partial charge in [0.1, 0.15) is 11.8 Å². The van der Waals surface area contributed by atoms with Crippen LogP contribution in [-0.4, -0.2) is 21.6 Å². The zero-order valence-electron chi connectivity index (χ0n) is 11.3. The fourth-order valence-corrected chi connectivity index (χ4v) is 2.83.